The number of nitrogens with one attached hydrogen (secondary N) is 2. The highest BCUT2D eigenvalue weighted by atomic mass is 127. The van der Waals surface area contributed by atoms with E-state index in [1.54, 1.807) is 12.1 Å². The number of hydrogen-bond acceptors (Lipinski definition) is 4. The molecule has 0 bridgehead atoms. The minimum atomic E-state index is -0.381. The van der Waals surface area contributed by atoms with Gasteiger partial charge >= 0.3 is 0 Å². The molecule has 0 amide bonds. The van der Waals surface area contributed by atoms with Crippen LogP contribution in [0.2, 0.25) is 0 Å². The Morgan fingerprint density at radius 3 is 2.41 bits per heavy atom. The van der Waals surface area contributed by atoms with Crippen molar-refractivity contribution in [3.63, 3.8) is 0 Å². The van der Waals surface area contributed by atoms with Gasteiger partial charge < -0.3 is 15.5 Å². The summed E-state index contributed by atoms with van der Waals surface area (Å²) in [6.45, 7) is 8.19. The number of halogens is 1. The van der Waals surface area contributed by atoms with Gasteiger partial charge in [0.15, 0.2) is 5.96 Å². The molecule has 1 aliphatic heterocycles. The molecule has 0 spiro atoms. The first kappa shape index (κ1) is 26.1. The lowest BCUT2D eigenvalue weighted by molar-refractivity contribution is -0.384. The van der Waals surface area contributed by atoms with E-state index in [9.17, 15) is 10.1 Å². The highest BCUT2D eigenvalue weighted by Crippen LogP contribution is 2.15. The number of non-ortho nitro benzene ring substituents is 1. The van der Waals surface area contributed by atoms with E-state index < -0.39 is 0 Å². The smallest absolute Gasteiger partial charge is 0.269 e. The van der Waals surface area contributed by atoms with Crippen LogP contribution in [0.25, 0.3) is 0 Å². The second-order valence-corrected chi connectivity index (χ2v) is 8.13. The topological polar surface area (TPSA) is 82.8 Å². The Bertz CT molecular complexity index is 852. The maximum absolute atomic E-state index is 10.9. The predicted octanol–water partition coefficient (Wildman–Crippen LogP) is 4.88. The van der Waals surface area contributed by atoms with Crippen LogP contribution in [0.15, 0.2) is 59.6 Å². The summed E-state index contributed by atoms with van der Waals surface area (Å²) in [5.41, 5.74) is 2.24. The molecule has 1 saturated heterocycles. The number of nitrogens with zero attached hydrogens (tertiary/aromatic N) is 3. The molecule has 1 atom stereocenters. The Morgan fingerprint density at radius 1 is 1.16 bits per heavy atom. The number of rotatable bonds is 8. The molecule has 1 unspecified atom stereocenters. The number of hydrogen-bond donors (Lipinski definition) is 2. The molecule has 8 heteroatoms. The average molecular weight is 551 g/mol. The first-order valence-corrected chi connectivity index (χ1v) is 11.1. The zero-order valence-electron chi connectivity index (χ0n) is 18.9. The van der Waals surface area contributed by atoms with Gasteiger partial charge in [-0.05, 0) is 43.9 Å². The Hall–Kier alpha value is -2.20. The number of piperidine rings is 1. The van der Waals surface area contributed by atoms with Crippen LogP contribution in [0.4, 0.5) is 5.69 Å². The molecule has 0 aromatic heterocycles. The Balaban J connectivity index is 0.00000363. The van der Waals surface area contributed by atoms with Gasteiger partial charge in [0.2, 0.25) is 0 Å². The van der Waals surface area contributed by atoms with Crippen molar-refractivity contribution in [1.29, 1.82) is 0 Å². The highest BCUT2D eigenvalue weighted by molar-refractivity contribution is 14.0. The van der Waals surface area contributed by atoms with E-state index in [1.165, 1.54) is 24.1 Å². The van der Waals surface area contributed by atoms with E-state index in [4.69, 9.17) is 4.99 Å². The fourth-order valence-corrected chi connectivity index (χ4v) is 3.87. The van der Waals surface area contributed by atoms with Crippen molar-refractivity contribution in [2.45, 2.75) is 51.7 Å². The lowest BCUT2D eigenvalue weighted by Gasteiger charge is -2.33. The monoisotopic (exact) mass is 551 g/mol. The molecule has 0 saturated carbocycles. The average Bonchev–Trinajstić information content (AvgIpc) is 2.79. The second kappa shape index (κ2) is 13.4. The number of nitro groups is 1. The molecule has 2 N–H and O–H groups in total. The predicted molar refractivity (Wildman–Crippen MR) is 141 cm³/mol. The summed E-state index contributed by atoms with van der Waals surface area (Å²) in [4.78, 5) is 17.8. The molecule has 174 valence electrons. The van der Waals surface area contributed by atoms with Gasteiger partial charge in [0.05, 0.1) is 17.5 Å². The fraction of sp³-hybridized carbons (Fsp3) is 0.458. The highest BCUT2D eigenvalue weighted by Gasteiger charge is 2.20. The minimum absolute atomic E-state index is 0. The Morgan fingerprint density at radius 2 is 1.81 bits per heavy atom. The fourth-order valence-electron chi connectivity index (χ4n) is 3.87. The first-order chi connectivity index (χ1) is 15.0. The second-order valence-electron chi connectivity index (χ2n) is 8.13. The molecule has 32 heavy (non-hydrogen) atoms. The number of nitro benzene ring substituents is 1. The standard InChI is InChI=1S/C24H33N5O2.HI/c1-3-15-28-16-13-22(14-17-28)27-24(26-19(2)21-7-5-4-6-8-21)25-18-20-9-11-23(12-10-20)29(30)31;/h4-12,19,22H,3,13-18H2,1-2H3,(H2,25,26,27);1H. The van der Waals surface area contributed by atoms with E-state index in [0.717, 1.165) is 44.0 Å². The summed E-state index contributed by atoms with van der Waals surface area (Å²) < 4.78 is 0. The molecular formula is C24H34IN5O2. The molecule has 1 heterocycles. The number of likely N-dealkylation sites (tertiary alicyclic amines) is 1. The third-order valence-corrected chi connectivity index (χ3v) is 5.69. The van der Waals surface area contributed by atoms with Crippen molar-refractivity contribution in [3.05, 3.63) is 75.8 Å². The molecule has 2 aromatic carbocycles. The summed E-state index contributed by atoms with van der Waals surface area (Å²) in [6.07, 6.45) is 3.38. The van der Waals surface area contributed by atoms with Crippen molar-refractivity contribution in [2.24, 2.45) is 4.99 Å². The van der Waals surface area contributed by atoms with Crippen molar-refractivity contribution in [3.8, 4) is 0 Å². The summed E-state index contributed by atoms with van der Waals surface area (Å²) in [5.74, 6) is 0.781. The SMILES string of the molecule is CCCN1CCC(NC(=NCc2ccc([N+](=O)[O-])cc2)NC(C)c2ccccc2)CC1.I. The van der Waals surface area contributed by atoms with Crippen LogP contribution in [0, 0.1) is 10.1 Å². The van der Waals surface area contributed by atoms with Gasteiger partial charge in [-0.25, -0.2) is 4.99 Å². The van der Waals surface area contributed by atoms with Crippen LogP contribution in [-0.2, 0) is 6.54 Å². The van der Waals surface area contributed by atoms with Gasteiger partial charge in [0.25, 0.3) is 5.69 Å². The lowest BCUT2D eigenvalue weighted by Crippen LogP contribution is -2.49. The maximum atomic E-state index is 10.9. The van der Waals surface area contributed by atoms with Crippen molar-refractivity contribution in [1.82, 2.24) is 15.5 Å². The third kappa shape index (κ3) is 8.05. The molecule has 1 fully saturated rings. The normalized spacial score (nSPS) is 16.1. The quantitative estimate of drug-likeness (QED) is 0.161. The van der Waals surface area contributed by atoms with Gasteiger partial charge in [-0.2, -0.15) is 0 Å². The van der Waals surface area contributed by atoms with E-state index >= 15 is 0 Å². The Labute approximate surface area is 207 Å². The molecule has 0 radical (unpaired) electrons. The molecule has 0 aliphatic carbocycles. The van der Waals surface area contributed by atoms with Crippen LogP contribution < -0.4 is 10.6 Å². The number of aliphatic imine (C=N–C) groups is 1. The van der Waals surface area contributed by atoms with Gasteiger partial charge in [-0.1, -0.05) is 49.4 Å². The molecular weight excluding hydrogens is 517 g/mol. The molecule has 1 aliphatic rings. The van der Waals surface area contributed by atoms with E-state index in [0.29, 0.717) is 12.6 Å². The number of benzene rings is 2. The molecule has 2 aromatic rings. The van der Waals surface area contributed by atoms with Crippen molar-refractivity contribution >= 4 is 35.6 Å². The van der Waals surface area contributed by atoms with Crippen LogP contribution in [0.3, 0.4) is 0 Å². The summed E-state index contributed by atoms with van der Waals surface area (Å²) in [7, 11) is 0. The van der Waals surface area contributed by atoms with Gasteiger partial charge in [0, 0.05) is 31.3 Å². The van der Waals surface area contributed by atoms with E-state index in [-0.39, 0.29) is 40.6 Å². The van der Waals surface area contributed by atoms with Gasteiger partial charge in [0.1, 0.15) is 0 Å². The lowest BCUT2D eigenvalue weighted by atomic mass is 10.0. The van der Waals surface area contributed by atoms with E-state index in [2.05, 4.69) is 41.5 Å². The van der Waals surface area contributed by atoms with Crippen LogP contribution in [-0.4, -0.2) is 41.5 Å². The summed E-state index contributed by atoms with van der Waals surface area (Å²) >= 11 is 0. The molecule has 3 rings (SSSR count). The van der Waals surface area contributed by atoms with E-state index in [1.807, 2.05) is 18.2 Å². The number of guanidine groups is 1. The zero-order valence-corrected chi connectivity index (χ0v) is 21.2. The zero-order chi connectivity index (χ0) is 22.1. The maximum Gasteiger partial charge on any atom is 0.269 e. The van der Waals surface area contributed by atoms with Crippen LogP contribution in [0.5, 0.6) is 0 Å². The summed E-state index contributed by atoms with van der Waals surface area (Å²) in [5, 5.41) is 18.0. The third-order valence-electron chi connectivity index (χ3n) is 5.69. The Kier molecular flexibility index (Phi) is 10.9. The van der Waals surface area contributed by atoms with Crippen molar-refractivity contribution in [2.75, 3.05) is 19.6 Å². The van der Waals surface area contributed by atoms with Crippen LogP contribution in [0.1, 0.15) is 50.3 Å². The summed E-state index contributed by atoms with van der Waals surface area (Å²) in [6, 6.07) is 17.4. The van der Waals surface area contributed by atoms with Crippen LogP contribution >= 0.6 is 24.0 Å². The largest absolute Gasteiger partial charge is 0.354 e. The molecule has 7 nitrogen and oxygen atoms in total. The first-order valence-electron chi connectivity index (χ1n) is 11.1. The van der Waals surface area contributed by atoms with Gasteiger partial charge in [-0.3, -0.25) is 10.1 Å². The minimum Gasteiger partial charge on any atom is -0.354 e. The van der Waals surface area contributed by atoms with Crippen molar-refractivity contribution < 1.29 is 4.92 Å². The van der Waals surface area contributed by atoms with Gasteiger partial charge in [-0.15, -0.1) is 24.0 Å².